The first-order valence-corrected chi connectivity index (χ1v) is 3.66. The first-order chi connectivity index (χ1) is 5.81. The molecule has 6 heteroatoms. The van der Waals surface area contributed by atoms with Crippen LogP contribution in [0.1, 0.15) is 11.4 Å². The van der Waals surface area contributed by atoms with Crippen molar-refractivity contribution in [2.75, 3.05) is 5.73 Å². The first-order valence-electron chi connectivity index (χ1n) is 3.66. The molecule has 1 rings (SSSR count). The molecule has 0 aliphatic heterocycles. The summed E-state index contributed by atoms with van der Waals surface area (Å²) in [6.45, 7) is 1.63. The van der Waals surface area contributed by atoms with Gasteiger partial charge in [0.2, 0.25) is 0 Å². The lowest BCUT2D eigenvalue weighted by Crippen LogP contribution is -2.13. The van der Waals surface area contributed by atoms with Crippen LogP contribution < -0.4 is 5.73 Å². The Bertz CT molecular complexity index is 314. The van der Waals surface area contributed by atoms with Crippen molar-refractivity contribution >= 4 is 5.69 Å². The molecular formula is C7H10F3N3. The minimum absolute atomic E-state index is 0.104. The van der Waals surface area contributed by atoms with Crippen molar-refractivity contribution < 1.29 is 13.2 Å². The fraction of sp³-hybridized carbons (Fsp3) is 0.571. The minimum atomic E-state index is -4.26. The molecule has 0 aliphatic carbocycles. The van der Waals surface area contributed by atoms with Crippen molar-refractivity contribution in [3.63, 3.8) is 0 Å². The van der Waals surface area contributed by atoms with Crippen LogP contribution in [0.3, 0.4) is 0 Å². The third-order valence-corrected chi connectivity index (χ3v) is 1.82. The maximum absolute atomic E-state index is 12.0. The van der Waals surface area contributed by atoms with Gasteiger partial charge in [0.15, 0.2) is 0 Å². The van der Waals surface area contributed by atoms with Gasteiger partial charge in [-0.15, -0.1) is 0 Å². The zero-order chi connectivity index (χ0) is 10.2. The molecule has 1 aromatic rings. The summed E-state index contributed by atoms with van der Waals surface area (Å²) in [6.07, 6.45) is -5.32. The smallest absolute Gasteiger partial charge is 0.394 e. The molecule has 74 valence electrons. The number of alkyl halides is 3. The number of nitrogen functional groups attached to an aromatic ring is 1. The number of anilines is 1. The summed E-state index contributed by atoms with van der Waals surface area (Å²) in [5, 5.41) is 3.67. The molecule has 1 heterocycles. The maximum Gasteiger partial charge on any atom is 0.394 e. The van der Waals surface area contributed by atoms with Crippen molar-refractivity contribution in [1.82, 2.24) is 9.78 Å². The quantitative estimate of drug-likeness (QED) is 0.732. The van der Waals surface area contributed by atoms with E-state index in [9.17, 15) is 13.2 Å². The molecule has 0 saturated heterocycles. The van der Waals surface area contributed by atoms with E-state index in [2.05, 4.69) is 5.10 Å². The van der Waals surface area contributed by atoms with Gasteiger partial charge in [0, 0.05) is 7.05 Å². The fourth-order valence-electron chi connectivity index (χ4n) is 1.01. The van der Waals surface area contributed by atoms with Crippen LogP contribution in [0.5, 0.6) is 0 Å². The van der Waals surface area contributed by atoms with E-state index in [0.717, 1.165) is 0 Å². The van der Waals surface area contributed by atoms with Crippen molar-refractivity contribution in [1.29, 1.82) is 0 Å². The Hall–Kier alpha value is -1.20. The number of hydrogen-bond donors (Lipinski definition) is 1. The van der Waals surface area contributed by atoms with Gasteiger partial charge in [-0.3, -0.25) is 4.68 Å². The molecular weight excluding hydrogens is 183 g/mol. The molecule has 0 radical (unpaired) electrons. The summed E-state index contributed by atoms with van der Waals surface area (Å²) in [4.78, 5) is 0. The van der Waals surface area contributed by atoms with Gasteiger partial charge in [-0.2, -0.15) is 18.3 Å². The van der Waals surface area contributed by atoms with Gasteiger partial charge in [0.1, 0.15) is 0 Å². The predicted octanol–water partition coefficient (Wildman–Crippen LogP) is 1.42. The average Bonchev–Trinajstić information content (AvgIpc) is 2.15. The molecule has 0 spiro atoms. The minimum Gasteiger partial charge on any atom is -0.396 e. The maximum atomic E-state index is 12.0. The van der Waals surface area contributed by atoms with Crippen molar-refractivity contribution in [2.45, 2.75) is 19.5 Å². The van der Waals surface area contributed by atoms with Crippen LogP contribution in [-0.4, -0.2) is 16.0 Å². The molecule has 0 amide bonds. The molecule has 2 N–H and O–H groups in total. The Morgan fingerprint density at radius 3 is 2.31 bits per heavy atom. The van der Waals surface area contributed by atoms with Crippen molar-refractivity contribution in [2.24, 2.45) is 7.05 Å². The van der Waals surface area contributed by atoms with Crippen LogP contribution in [-0.2, 0) is 13.5 Å². The SMILES string of the molecule is Cc1c(N)c(CC(F)(F)F)nn1C. The van der Waals surface area contributed by atoms with Gasteiger partial charge < -0.3 is 5.73 Å². The topological polar surface area (TPSA) is 43.8 Å². The second-order valence-corrected chi connectivity index (χ2v) is 2.86. The Morgan fingerprint density at radius 1 is 1.46 bits per heavy atom. The van der Waals surface area contributed by atoms with Gasteiger partial charge in [-0.05, 0) is 6.92 Å². The second kappa shape index (κ2) is 2.93. The zero-order valence-electron chi connectivity index (χ0n) is 7.31. The normalized spacial score (nSPS) is 12.1. The molecule has 0 unspecified atom stereocenters. The molecule has 0 aromatic carbocycles. The Morgan fingerprint density at radius 2 is 2.00 bits per heavy atom. The molecule has 0 saturated carbocycles. The molecule has 3 nitrogen and oxygen atoms in total. The second-order valence-electron chi connectivity index (χ2n) is 2.86. The number of aryl methyl sites for hydroxylation is 1. The lowest BCUT2D eigenvalue weighted by molar-refractivity contribution is -0.127. The first kappa shape index (κ1) is 9.88. The van der Waals surface area contributed by atoms with E-state index in [1.165, 1.54) is 4.68 Å². The van der Waals surface area contributed by atoms with E-state index in [1.54, 1.807) is 14.0 Å². The van der Waals surface area contributed by atoms with Crippen LogP contribution in [0.2, 0.25) is 0 Å². The van der Waals surface area contributed by atoms with Gasteiger partial charge >= 0.3 is 6.18 Å². The van der Waals surface area contributed by atoms with E-state index in [0.29, 0.717) is 5.69 Å². The van der Waals surface area contributed by atoms with Gasteiger partial charge in [-0.25, -0.2) is 0 Å². The van der Waals surface area contributed by atoms with Crippen LogP contribution in [0.25, 0.3) is 0 Å². The van der Waals surface area contributed by atoms with Crippen LogP contribution >= 0.6 is 0 Å². The number of nitrogens with zero attached hydrogens (tertiary/aromatic N) is 2. The molecule has 1 aromatic heterocycles. The average molecular weight is 193 g/mol. The van der Waals surface area contributed by atoms with Gasteiger partial charge in [-0.1, -0.05) is 0 Å². The third-order valence-electron chi connectivity index (χ3n) is 1.82. The molecule has 0 fully saturated rings. The van der Waals surface area contributed by atoms with E-state index < -0.39 is 12.6 Å². The predicted molar refractivity (Wildman–Crippen MR) is 42.1 cm³/mol. The van der Waals surface area contributed by atoms with Crippen molar-refractivity contribution in [3.05, 3.63) is 11.4 Å². The summed E-state index contributed by atoms with van der Waals surface area (Å²) in [6, 6.07) is 0. The number of hydrogen-bond acceptors (Lipinski definition) is 2. The van der Waals surface area contributed by atoms with Crippen LogP contribution in [0, 0.1) is 6.92 Å². The number of aromatic nitrogens is 2. The standard InChI is InChI=1S/C7H10F3N3/c1-4-6(11)5(12-13(4)2)3-7(8,9)10/h3,11H2,1-2H3. The summed E-state index contributed by atoms with van der Waals surface area (Å²) in [5.41, 5.74) is 6.00. The molecule has 13 heavy (non-hydrogen) atoms. The Kier molecular flexibility index (Phi) is 2.23. The number of halogens is 3. The summed E-state index contributed by atoms with van der Waals surface area (Å²) >= 11 is 0. The highest BCUT2D eigenvalue weighted by atomic mass is 19.4. The summed E-state index contributed by atoms with van der Waals surface area (Å²) in [5.74, 6) is 0. The van der Waals surface area contributed by atoms with Gasteiger partial charge in [0.05, 0.1) is 23.5 Å². The number of nitrogens with two attached hydrogens (primary N) is 1. The van der Waals surface area contributed by atoms with Gasteiger partial charge in [0.25, 0.3) is 0 Å². The van der Waals surface area contributed by atoms with E-state index in [1.807, 2.05) is 0 Å². The van der Waals surface area contributed by atoms with E-state index in [-0.39, 0.29) is 11.4 Å². The summed E-state index contributed by atoms with van der Waals surface area (Å²) in [7, 11) is 1.56. The zero-order valence-corrected chi connectivity index (χ0v) is 7.31. The fourth-order valence-corrected chi connectivity index (χ4v) is 1.01. The number of rotatable bonds is 1. The highest BCUT2D eigenvalue weighted by Crippen LogP contribution is 2.25. The summed E-state index contributed by atoms with van der Waals surface area (Å²) < 4.78 is 37.2. The highest BCUT2D eigenvalue weighted by Gasteiger charge is 2.30. The third kappa shape index (κ3) is 2.13. The monoisotopic (exact) mass is 193 g/mol. The van der Waals surface area contributed by atoms with E-state index in [4.69, 9.17) is 5.73 Å². The van der Waals surface area contributed by atoms with Crippen molar-refractivity contribution in [3.8, 4) is 0 Å². The lowest BCUT2D eigenvalue weighted by Gasteiger charge is -2.03. The highest BCUT2D eigenvalue weighted by molar-refractivity contribution is 5.47. The Labute approximate surface area is 73.3 Å². The largest absolute Gasteiger partial charge is 0.396 e. The van der Waals surface area contributed by atoms with Crippen LogP contribution in [0.15, 0.2) is 0 Å². The lowest BCUT2D eigenvalue weighted by atomic mass is 10.2. The Balaban J connectivity index is 2.97. The molecule has 0 bridgehead atoms. The van der Waals surface area contributed by atoms with Crippen LogP contribution in [0.4, 0.5) is 18.9 Å². The van der Waals surface area contributed by atoms with E-state index >= 15 is 0 Å². The molecule has 0 aliphatic rings. The molecule has 0 atom stereocenters.